The number of rotatable bonds is 5. The number of anilines is 3. The molecule has 0 amide bonds. The van der Waals surface area contributed by atoms with Gasteiger partial charge in [-0.15, -0.1) is 0 Å². The zero-order valence-corrected chi connectivity index (χ0v) is 13.4. The van der Waals surface area contributed by atoms with Crippen LogP contribution in [-0.2, 0) is 5.75 Å². The van der Waals surface area contributed by atoms with Crippen LogP contribution < -0.4 is 11.1 Å². The summed E-state index contributed by atoms with van der Waals surface area (Å²) >= 11 is 1.55. The molecular weight excluding hydrogens is 308 g/mol. The summed E-state index contributed by atoms with van der Waals surface area (Å²) in [6.45, 7) is 2.04. The first-order valence-corrected chi connectivity index (χ1v) is 8.05. The van der Waals surface area contributed by atoms with Gasteiger partial charge in [-0.1, -0.05) is 35.5 Å². The molecule has 0 aliphatic heterocycles. The maximum absolute atomic E-state index is 5.78. The molecule has 1 aromatic carbocycles. The van der Waals surface area contributed by atoms with E-state index in [1.165, 1.54) is 5.56 Å². The summed E-state index contributed by atoms with van der Waals surface area (Å²) in [7, 11) is 0. The van der Waals surface area contributed by atoms with Crippen LogP contribution in [0, 0.1) is 6.92 Å². The van der Waals surface area contributed by atoms with E-state index < -0.39 is 0 Å². The van der Waals surface area contributed by atoms with Crippen LogP contribution in [0.2, 0.25) is 0 Å². The molecule has 0 spiro atoms. The minimum Gasteiger partial charge on any atom is -0.368 e. The van der Waals surface area contributed by atoms with E-state index in [1.807, 2.05) is 49.4 Å². The Bertz CT molecular complexity index is 776. The lowest BCUT2D eigenvalue weighted by Crippen LogP contribution is -2.06. The Balaban J connectivity index is 1.72. The van der Waals surface area contributed by atoms with Crippen LogP contribution in [0.5, 0.6) is 0 Å². The van der Waals surface area contributed by atoms with E-state index >= 15 is 0 Å². The maximum Gasteiger partial charge on any atom is 0.232 e. The topological polar surface area (TPSA) is 89.6 Å². The van der Waals surface area contributed by atoms with Gasteiger partial charge in [0.05, 0.1) is 10.8 Å². The monoisotopic (exact) mass is 324 g/mol. The average Bonchev–Trinajstić information content (AvgIpc) is 2.56. The van der Waals surface area contributed by atoms with Gasteiger partial charge in [-0.3, -0.25) is 0 Å². The molecule has 0 aliphatic carbocycles. The van der Waals surface area contributed by atoms with Crippen LogP contribution in [0.15, 0.2) is 53.7 Å². The number of hydrogen-bond acceptors (Lipinski definition) is 7. The highest BCUT2D eigenvalue weighted by atomic mass is 32.2. The highest BCUT2D eigenvalue weighted by Crippen LogP contribution is 2.20. The van der Waals surface area contributed by atoms with Gasteiger partial charge in [0.25, 0.3) is 0 Å². The Hall–Kier alpha value is -2.67. The lowest BCUT2D eigenvalue weighted by atomic mass is 10.2. The lowest BCUT2D eigenvalue weighted by molar-refractivity contribution is 0.979. The fourth-order valence-corrected chi connectivity index (χ4v) is 2.61. The smallest absolute Gasteiger partial charge is 0.232 e. The van der Waals surface area contributed by atoms with Gasteiger partial charge in [-0.05, 0) is 31.2 Å². The molecule has 7 heteroatoms. The van der Waals surface area contributed by atoms with Crippen molar-refractivity contribution in [1.82, 2.24) is 19.9 Å². The minimum atomic E-state index is 0.200. The fraction of sp³-hybridized carbons (Fsp3) is 0.125. The molecule has 0 fully saturated rings. The average molecular weight is 324 g/mol. The number of nitrogen functional groups attached to an aromatic ring is 1. The van der Waals surface area contributed by atoms with Crippen LogP contribution >= 0.6 is 11.8 Å². The first-order chi connectivity index (χ1) is 11.2. The number of hydrogen-bond donors (Lipinski definition) is 2. The Morgan fingerprint density at radius 3 is 2.61 bits per heavy atom. The molecule has 23 heavy (non-hydrogen) atoms. The summed E-state index contributed by atoms with van der Waals surface area (Å²) in [4.78, 5) is 17.0. The van der Waals surface area contributed by atoms with Crippen LogP contribution in [-0.4, -0.2) is 19.9 Å². The number of nitrogens with two attached hydrogens (primary N) is 1. The molecule has 3 rings (SSSR count). The summed E-state index contributed by atoms with van der Waals surface area (Å²) < 4.78 is 0. The quantitative estimate of drug-likeness (QED) is 0.697. The number of aryl methyl sites for hydroxylation is 1. The Morgan fingerprint density at radius 1 is 1.04 bits per heavy atom. The summed E-state index contributed by atoms with van der Waals surface area (Å²) in [5, 5.41) is 4.06. The fourth-order valence-electron chi connectivity index (χ4n) is 1.90. The number of thioether (sulfide) groups is 1. The van der Waals surface area contributed by atoms with Crippen molar-refractivity contribution >= 4 is 29.3 Å². The second-order valence-electron chi connectivity index (χ2n) is 4.88. The van der Waals surface area contributed by atoms with E-state index in [9.17, 15) is 0 Å². The van der Waals surface area contributed by atoms with Gasteiger partial charge in [0.15, 0.2) is 0 Å². The van der Waals surface area contributed by atoms with Crippen molar-refractivity contribution in [3.63, 3.8) is 0 Å². The molecule has 0 bridgehead atoms. The molecule has 0 saturated heterocycles. The van der Waals surface area contributed by atoms with Crippen LogP contribution in [0.3, 0.4) is 0 Å². The third-order valence-corrected chi connectivity index (χ3v) is 3.93. The van der Waals surface area contributed by atoms with Crippen molar-refractivity contribution < 1.29 is 0 Å². The van der Waals surface area contributed by atoms with E-state index in [-0.39, 0.29) is 5.95 Å². The van der Waals surface area contributed by atoms with Crippen LogP contribution in [0.25, 0.3) is 0 Å². The van der Waals surface area contributed by atoms with Crippen molar-refractivity contribution in [1.29, 1.82) is 0 Å². The van der Waals surface area contributed by atoms with Gasteiger partial charge in [0, 0.05) is 11.9 Å². The van der Waals surface area contributed by atoms with Gasteiger partial charge < -0.3 is 11.1 Å². The summed E-state index contributed by atoms with van der Waals surface area (Å²) in [6.07, 6.45) is 1.76. The molecule has 6 nitrogen and oxygen atoms in total. The molecule has 2 heterocycles. The second-order valence-corrected chi connectivity index (χ2v) is 5.88. The molecule has 0 saturated carbocycles. The molecule has 2 aromatic heterocycles. The molecule has 3 aromatic rings. The van der Waals surface area contributed by atoms with Crippen molar-refractivity contribution in [2.24, 2.45) is 0 Å². The second kappa shape index (κ2) is 7.06. The third kappa shape index (κ3) is 4.40. The van der Waals surface area contributed by atoms with Crippen molar-refractivity contribution in [2.45, 2.75) is 17.7 Å². The van der Waals surface area contributed by atoms with Crippen molar-refractivity contribution in [2.75, 3.05) is 11.1 Å². The highest BCUT2D eigenvalue weighted by Gasteiger charge is 2.06. The van der Waals surface area contributed by atoms with Crippen molar-refractivity contribution in [3.05, 3.63) is 60.0 Å². The molecular formula is C16H16N6S. The molecule has 0 radical (unpaired) electrons. The molecule has 116 valence electrons. The summed E-state index contributed by atoms with van der Waals surface area (Å²) in [5.41, 5.74) is 7.88. The van der Waals surface area contributed by atoms with Gasteiger partial charge in [0.2, 0.25) is 11.9 Å². The zero-order valence-electron chi connectivity index (χ0n) is 12.6. The van der Waals surface area contributed by atoms with Crippen molar-refractivity contribution in [3.8, 4) is 0 Å². The highest BCUT2D eigenvalue weighted by molar-refractivity contribution is 7.98. The van der Waals surface area contributed by atoms with Crippen LogP contribution in [0.1, 0.15) is 11.4 Å². The van der Waals surface area contributed by atoms with E-state index in [2.05, 4.69) is 25.3 Å². The predicted octanol–water partition coefficient (Wildman–Crippen LogP) is 3.19. The van der Waals surface area contributed by atoms with Gasteiger partial charge in [-0.2, -0.15) is 15.0 Å². The van der Waals surface area contributed by atoms with Gasteiger partial charge in [-0.25, -0.2) is 4.98 Å². The summed E-state index contributed by atoms with van der Waals surface area (Å²) in [5.74, 6) is 1.83. The SMILES string of the molecule is Cc1ccc(Nc2nc(N)nc(CSc3ccccn3)n2)cc1. The number of benzene rings is 1. The van der Waals surface area contributed by atoms with Gasteiger partial charge >= 0.3 is 0 Å². The maximum atomic E-state index is 5.78. The zero-order chi connectivity index (χ0) is 16.1. The lowest BCUT2D eigenvalue weighted by Gasteiger charge is -2.07. The number of aromatic nitrogens is 4. The number of nitrogens with zero attached hydrogens (tertiary/aromatic N) is 4. The summed E-state index contributed by atoms with van der Waals surface area (Å²) in [6, 6.07) is 13.8. The molecule has 0 atom stereocenters. The number of pyridine rings is 1. The minimum absolute atomic E-state index is 0.200. The largest absolute Gasteiger partial charge is 0.368 e. The normalized spacial score (nSPS) is 10.5. The predicted molar refractivity (Wildman–Crippen MR) is 92.5 cm³/mol. The molecule has 0 unspecified atom stereocenters. The molecule has 3 N–H and O–H groups in total. The molecule has 0 aliphatic rings. The first-order valence-electron chi connectivity index (χ1n) is 7.07. The first kappa shape index (κ1) is 15.2. The van der Waals surface area contributed by atoms with Gasteiger partial charge in [0.1, 0.15) is 5.82 Å². The standard InChI is InChI=1S/C16H16N6S/c1-11-5-7-12(8-6-11)19-16-21-13(20-15(17)22-16)10-23-14-4-2-3-9-18-14/h2-9H,10H2,1H3,(H3,17,19,20,21,22). The van der Waals surface area contributed by atoms with E-state index in [4.69, 9.17) is 5.73 Å². The third-order valence-electron chi connectivity index (χ3n) is 2.99. The van der Waals surface area contributed by atoms with E-state index in [1.54, 1.807) is 18.0 Å². The number of nitrogens with one attached hydrogen (secondary N) is 1. The Labute approximate surface area is 138 Å². The van der Waals surface area contributed by atoms with E-state index in [0.29, 0.717) is 17.5 Å². The van der Waals surface area contributed by atoms with E-state index in [0.717, 1.165) is 10.7 Å². The Kier molecular flexibility index (Phi) is 4.68. The Morgan fingerprint density at radius 2 is 1.87 bits per heavy atom. The van der Waals surface area contributed by atoms with Crippen LogP contribution in [0.4, 0.5) is 17.6 Å².